The maximum Gasteiger partial charge on any atom is 0.326 e. The van der Waals surface area contributed by atoms with Gasteiger partial charge in [0.15, 0.2) is 0 Å². The van der Waals surface area contributed by atoms with Crippen LogP contribution >= 0.6 is 0 Å². The summed E-state index contributed by atoms with van der Waals surface area (Å²) in [5.41, 5.74) is 2.22. The van der Waals surface area contributed by atoms with Gasteiger partial charge in [0.25, 0.3) is 0 Å². The number of carboxylic acid groups (broad SMARTS) is 1. The van der Waals surface area contributed by atoms with E-state index in [2.05, 4.69) is 16.6 Å². The zero-order valence-electron chi connectivity index (χ0n) is 17.0. The Morgan fingerprint density at radius 1 is 1.03 bits per heavy atom. The summed E-state index contributed by atoms with van der Waals surface area (Å²) in [5, 5.41) is 11.8. The number of aliphatic carboxylic acids is 1. The Kier molecular flexibility index (Phi) is 7.91. The van der Waals surface area contributed by atoms with Gasteiger partial charge in [0.2, 0.25) is 15.9 Å². The molecule has 1 amide bonds. The van der Waals surface area contributed by atoms with E-state index in [1.807, 2.05) is 13.0 Å². The molecule has 0 aliphatic rings. The maximum atomic E-state index is 12.9. The van der Waals surface area contributed by atoms with Crippen LogP contribution in [0.2, 0.25) is 0 Å². The highest BCUT2D eigenvalue weighted by atomic mass is 32.2. The Hall–Kier alpha value is -2.97. The minimum Gasteiger partial charge on any atom is -0.480 e. The van der Waals surface area contributed by atoms with E-state index in [0.29, 0.717) is 5.57 Å². The molecule has 0 saturated heterocycles. The number of rotatable bonds is 10. The van der Waals surface area contributed by atoms with Crippen LogP contribution in [0.1, 0.15) is 24.5 Å². The Bertz CT molecular complexity index is 1000. The van der Waals surface area contributed by atoms with E-state index in [4.69, 9.17) is 0 Å². The standard InChI is InChI=1S/C22H26N2O5S/c1-15(2)13-20(22(26)27)23-21(25)19(14-17-7-5-4-6-8-17)24-30(28,29)18-11-9-16(3)10-12-18/h4-12,19-20,24H,1,13-14H2,2-3H3,(H,23,25)(H,26,27)/t19-,20-/m0/s1. The van der Waals surface area contributed by atoms with Gasteiger partial charge in [0.1, 0.15) is 12.1 Å². The van der Waals surface area contributed by atoms with Crippen LogP contribution in [-0.4, -0.2) is 37.5 Å². The van der Waals surface area contributed by atoms with Crippen molar-refractivity contribution in [3.05, 3.63) is 77.9 Å². The molecule has 0 heterocycles. The lowest BCUT2D eigenvalue weighted by Crippen LogP contribution is -2.52. The molecule has 0 spiro atoms. The van der Waals surface area contributed by atoms with Gasteiger partial charge in [-0.2, -0.15) is 4.72 Å². The maximum absolute atomic E-state index is 12.9. The SMILES string of the molecule is C=C(C)C[C@H](NC(=O)[C@H](Cc1ccccc1)NS(=O)(=O)c1ccc(C)cc1)C(=O)O. The normalized spacial score (nSPS) is 13.3. The molecule has 0 saturated carbocycles. The number of benzene rings is 2. The molecule has 2 rings (SSSR count). The highest BCUT2D eigenvalue weighted by Crippen LogP contribution is 2.13. The first kappa shape index (κ1) is 23.3. The number of sulfonamides is 1. The molecule has 0 unspecified atom stereocenters. The minimum absolute atomic E-state index is 0.0238. The molecule has 2 aromatic rings. The molecule has 0 radical (unpaired) electrons. The second-order valence-corrected chi connectivity index (χ2v) is 8.95. The second-order valence-electron chi connectivity index (χ2n) is 7.24. The summed E-state index contributed by atoms with van der Waals surface area (Å²) >= 11 is 0. The van der Waals surface area contributed by atoms with Crippen LogP contribution in [0.3, 0.4) is 0 Å². The van der Waals surface area contributed by atoms with E-state index >= 15 is 0 Å². The van der Waals surface area contributed by atoms with Crippen LogP contribution in [0.15, 0.2) is 71.6 Å². The highest BCUT2D eigenvalue weighted by molar-refractivity contribution is 7.89. The fraction of sp³-hybridized carbons (Fsp3) is 0.273. The lowest BCUT2D eigenvalue weighted by Gasteiger charge is -2.22. The van der Waals surface area contributed by atoms with Gasteiger partial charge in [0, 0.05) is 0 Å². The molecule has 8 heteroatoms. The zero-order chi connectivity index (χ0) is 22.3. The van der Waals surface area contributed by atoms with Crippen LogP contribution < -0.4 is 10.0 Å². The highest BCUT2D eigenvalue weighted by Gasteiger charge is 2.29. The molecular formula is C22H26N2O5S. The van der Waals surface area contributed by atoms with Crippen LogP contribution in [0.5, 0.6) is 0 Å². The molecule has 0 aliphatic carbocycles. The first-order valence-electron chi connectivity index (χ1n) is 9.39. The smallest absolute Gasteiger partial charge is 0.326 e. The molecule has 0 aliphatic heterocycles. The van der Waals surface area contributed by atoms with Crippen molar-refractivity contribution >= 4 is 21.9 Å². The van der Waals surface area contributed by atoms with Crippen molar-refractivity contribution in [1.29, 1.82) is 0 Å². The van der Waals surface area contributed by atoms with Gasteiger partial charge < -0.3 is 10.4 Å². The molecule has 0 bridgehead atoms. The van der Waals surface area contributed by atoms with E-state index in [0.717, 1.165) is 11.1 Å². The number of carboxylic acids is 1. The summed E-state index contributed by atoms with van der Waals surface area (Å²) in [6.45, 7) is 7.17. The minimum atomic E-state index is -4.00. The number of carbonyl (C=O) groups is 2. The molecule has 30 heavy (non-hydrogen) atoms. The second kappa shape index (κ2) is 10.2. The third kappa shape index (κ3) is 6.82. The Labute approximate surface area is 176 Å². The Morgan fingerprint density at radius 2 is 1.63 bits per heavy atom. The van der Waals surface area contributed by atoms with E-state index in [1.165, 1.54) is 12.1 Å². The number of hydrogen-bond donors (Lipinski definition) is 3. The third-order valence-electron chi connectivity index (χ3n) is 4.40. The molecule has 160 valence electrons. The number of amides is 1. The fourth-order valence-electron chi connectivity index (χ4n) is 2.83. The van der Waals surface area contributed by atoms with E-state index < -0.39 is 34.0 Å². The first-order chi connectivity index (χ1) is 14.1. The zero-order valence-corrected chi connectivity index (χ0v) is 17.8. The van der Waals surface area contributed by atoms with E-state index in [-0.39, 0.29) is 17.7 Å². The van der Waals surface area contributed by atoms with Crippen molar-refractivity contribution in [3.63, 3.8) is 0 Å². The predicted octanol–water partition coefficient (Wildman–Crippen LogP) is 2.42. The average Bonchev–Trinajstić information content (AvgIpc) is 2.67. The molecule has 2 aromatic carbocycles. The lowest BCUT2D eigenvalue weighted by atomic mass is 10.0. The lowest BCUT2D eigenvalue weighted by molar-refractivity contribution is -0.142. The average molecular weight is 431 g/mol. The van der Waals surface area contributed by atoms with E-state index in [1.54, 1.807) is 43.3 Å². The number of hydrogen-bond acceptors (Lipinski definition) is 4. The summed E-state index contributed by atoms with van der Waals surface area (Å²) in [7, 11) is -4.00. The predicted molar refractivity (Wildman–Crippen MR) is 114 cm³/mol. The first-order valence-corrected chi connectivity index (χ1v) is 10.9. The van der Waals surface area contributed by atoms with Crippen LogP contribution in [0.4, 0.5) is 0 Å². The summed E-state index contributed by atoms with van der Waals surface area (Å²) in [5.74, 6) is -1.94. The molecular weight excluding hydrogens is 404 g/mol. The molecule has 0 fully saturated rings. The van der Waals surface area contributed by atoms with Gasteiger partial charge in [-0.25, -0.2) is 13.2 Å². The summed E-state index contributed by atoms with van der Waals surface area (Å²) in [4.78, 5) is 24.4. The van der Waals surface area contributed by atoms with Crippen molar-refractivity contribution in [1.82, 2.24) is 10.0 Å². The third-order valence-corrected chi connectivity index (χ3v) is 5.88. The molecule has 7 nitrogen and oxygen atoms in total. The molecule has 0 aromatic heterocycles. The van der Waals surface area contributed by atoms with Crippen molar-refractivity contribution in [2.24, 2.45) is 0 Å². The molecule has 2 atom stereocenters. The van der Waals surface area contributed by atoms with Gasteiger partial charge in [0.05, 0.1) is 4.90 Å². The van der Waals surface area contributed by atoms with E-state index in [9.17, 15) is 23.1 Å². The summed E-state index contributed by atoms with van der Waals surface area (Å²) in [6.07, 6.45) is 0.112. The van der Waals surface area contributed by atoms with Gasteiger partial charge in [-0.1, -0.05) is 53.6 Å². The summed E-state index contributed by atoms with van der Waals surface area (Å²) < 4.78 is 28.1. The topological polar surface area (TPSA) is 113 Å². The molecule has 3 N–H and O–H groups in total. The van der Waals surface area contributed by atoms with Crippen LogP contribution in [0.25, 0.3) is 0 Å². The van der Waals surface area contributed by atoms with Gasteiger partial charge in [-0.05, 0) is 44.4 Å². The monoisotopic (exact) mass is 430 g/mol. The number of aryl methyl sites for hydroxylation is 1. The number of carbonyl (C=O) groups excluding carboxylic acids is 1. The quantitative estimate of drug-likeness (QED) is 0.501. The largest absolute Gasteiger partial charge is 0.480 e. The Balaban J connectivity index is 2.29. The van der Waals surface area contributed by atoms with Crippen molar-refractivity contribution in [2.45, 2.75) is 43.7 Å². The van der Waals surface area contributed by atoms with Crippen molar-refractivity contribution in [3.8, 4) is 0 Å². The van der Waals surface area contributed by atoms with Gasteiger partial charge in [-0.3, -0.25) is 4.79 Å². The Morgan fingerprint density at radius 3 is 2.17 bits per heavy atom. The fourth-order valence-corrected chi connectivity index (χ4v) is 4.03. The number of nitrogens with one attached hydrogen (secondary N) is 2. The summed E-state index contributed by atoms with van der Waals surface area (Å²) in [6, 6.07) is 12.7. The van der Waals surface area contributed by atoms with Crippen molar-refractivity contribution < 1.29 is 23.1 Å². The van der Waals surface area contributed by atoms with Crippen LogP contribution in [0, 0.1) is 6.92 Å². The van der Waals surface area contributed by atoms with Crippen LogP contribution in [-0.2, 0) is 26.0 Å². The van der Waals surface area contributed by atoms with Crippen molar-refractivity contribution in [2.75, 3.05) is 0 Å². The van der Waals surface area contributed by atoms with Gasteiger partial charge >= 0.3 is 5.97 Å². The van der Waals surface area contributed by atoms with Gasteiger partial charge in [-0.15, -0.1) is 6.58 Å².